The van der Waals surface area contributed by atoms with Gasteiger partial charge in [0.1, 0.15) is 6.04 Å². The molecule has 2 aromatic carbocycles. The number of nitro benzene ring substituents is 1. The maximum Gasteiger partial charge on any atom is 0.274 e. The lowest BCUT2D eigenvalue weighted by molar-refractivity contribution is -0.385. The summed E-state index contributed by atoms with van der Waals surface area (Å²) in [6.07, 6.45) is 0. The molecule has 1 atom stereocenters. The summed E-state index contributed by atoms with van der Waals surface area (Å²) in [4.78, 5) is 35.6. The van der Waals surface area contributed by atoms with Crippen molar-refractivity contribution >= 4 is 17.5 Å². The van der Waals surface area contributed by atoms with E-state index >= 15 is 0 Å². The molecular weight excluding hydrogens is 346 g/mol. The van der Waals surface area contributed by atoms with Crippen molar-refractivity contribution in [3.05, 3.63) is 75.3 Å². The highest BCUT2D eigenvalue weighted by Crippen LogP contribution is 2.17. The van der Waals surface area contributed by atoms with E-state index in [0.29, 0.717) is 11.1 Å². The van der Waals surface area contributed by atoms with Crippen LogP contribution in [0.1, 0.15) is 35.3 Å². The Hall–Kier alpha value is -3.22. The largest absolute Gasteiger partial charge is 0.350 e. The predicted molar refractivity (Wildman–Crippen MR) is 102 cm³/mol. The number of rotatable bonds is 7. The molecule has 1 unspecified atom stereocenters. The van der Waals surface area contributed by atoms with Crippen molar-refractivity contribution in [3.63, 3.8) is 0 Å². The van der Waals surface area contributed by atoms with E-state index in [1.165, 1.54) is 6.07 Å². The van der Waals surface area contributed by atoms with Crippen LogP contribution in [0.2, 0.25) is 0 Å². The minimum atomic E-state index is -0.749. The first-order valence-electron chi connectivity index (χ1n) is 8.67. The number of carbonyl (C=O) groups is 2. The molecule has 0 aliphatic rings. The third-order valence-corrected chi connectivity index (χ3v) is 4.16. The molecule has 0 saturated carbocycles. The second kappa shape index (κ2) is 8.93. The summed E-state index contributed by atoms with van der Waals surface area (Å²) in [6, 6.07) is 12.6. The molecule has 7 heteroatoms. The number of benzene rings is 2. The van der Waals surface area contributed by atoms with E-state index in [4.69, 9.17) is 0 Å². The summed E-state index contributed by atoms with van der Waals surface area (Å²) < 4.78 is 0. The maximum absolute atomic E-state index is 12.6. The van der Waals surface area contributed by atoms with Gasteiger partial charge in [-0.1, -0.05) is 49.7 Å². The SMILES string of the molecule is Cc1cccc(C(=O)NC(C(=O)NCc2ccccc2[N+](=O)[O-])C(C)C)c1. The smallest absolute Gasteiger partial charge is 0.274 e. The maximum atomic E-state index is 12.6. The third kappa shape index (κ3) is 5.37. The lowest BCUT2D eigenvalue weighted by Crippen LogP contribution is -2.49. The highest BCUT2D eigenvalue weighted by Gasteiger charge is 2.25. The molecule has 0 radical (unpaired) electrons. The van der Waals surface area contributed by atoms with Gasteiger partial charge in [-0.3, -0.25) is 19.7 Å². The van der Waals surface area contributed by atoms with Gasteiger partial charge in [0.25, 0.3) is 11.6 Å². The van der Waals surface area contributed by atoms with Crippen LogP contribution in [-0.4, -0.2) is 22.8 Å². The molecule has 0 aliphatic carbocycles. The van der Waals surface area contributed by atoms with Crippen LogP contribution < -0.4 is 10.6 Å². The Labute approximate surface area is 157 Å². The lowest BCUT2D eigenvalue weighted by Gasteiger charge is -2.22. The monoisotopic (exact) mass is 369 g/mol. The Kier molecular flexibility index (Phi) is 6.65. The van der Waals surface area contributed by atoms with Gasteiger partial charge in [-0.25, -0.2) is 0 Å². The van der Waals surface area contributed by atoms with Crippen LogP contribution in [0.15, 0.2) is 48.5 Å². The molecule has 2 rings (SSSR count). The van der Waals surface area contributed by atoms with E-state index in [2.05, 4.69) is 10.6 Å². The molecule has 142 valence electrons. The molecule has 2 amide bonds. The molecule has 0 aliphatic heterocycles. The summed E-state index contributed by atoms with van der Waals surface area (Å²) in [5.74, 6) is -0.869. The van der Waals surface area contributed by atoms with E-state index in [0.717, 1.165) is 5.56 Å². The van der Waals surface area contributed by atoms with Crippen LogP contribution in [0, 0.1) is 23.0 Å². The average molecular weight is 369 g/mol. The van der Waals surface area contributed by atoms with Crippen LogP contribution in [0.4, 0.5) is 5.69 Å². The van der Waals surface area contributed by atoms with Crippen LogP contribution >= 0.6 is 0 Å². The number of nitro groups is 1. The molecule has 2 N–H and O–H groups in total. The molecule has 7 nitrogen and oxygen atoms in total. The van der Waals surface area contributed by atoms with E-state index in [-0.39, 0.29) is 30.0 Å². The van der Waals surface area contributed by atoms with Crippen molar-refractivity contribution in [2.75, 3.05) is 0 Å². The standard InChI is InChI=1S/C20H23N3O4/c1-13(2)18(22-19(24)15-9-6-7-14(3)11-15)20(25)21-12-16-8-4-5-10-17(16)23(26)27/h4-11,13,18H,12H2,1-3H3,(H,21,25)(H,22,24). The van der Waals surface area contributed by atoms with Gasteiger partial charge in [0.05, 0.1) is 4.92 Å². The van der Waals surface area contributed by atoms with Gasteiger partial charge in [-0.05, 0) is 25.0 Å². The third-order valence-electron chi connectivity index (χ3n) is 4.16. The second-order valence-electron chi connectivity index (χ2n) is 6.67. The minimum Gasteiger partial charge on any atom is -0.350 e. The van der Waals surface area contributed by atoms with Gasteiger partial charge in [-0.15, -0.1) is 0 Å². The topological polar surface area (TPSA) is 101 Å². The Morgan fingerprint density at radius 1 is 1.11 bits per heavy atom. The number of para-hydroxylation sites is 1. The van der Waals surface area contributed by atoms with Crippen molar-refractivity contribution < 1.29 is 14.5 Å². The Morgan fingerprint density at radius 3 is 2.44 bits per heavy atom. The minimum absolute atomic E-state index is 0.0134. The zero-order valence-electron chi connectivity index (χ0n) is 15.6. The van der Waals surface area contributed by atoms with Gasteiger partial charge in [0, 0.05) is 23.7 Å². The van der Waals surface area contributed by atoms with E-state index in [9.17, 15) is 19.7 Å². The zero-order chi connectivity index (χ0) is 20.0. The van der Waals surface area contributed by atoms with E-state index < -0.39 is 11.0 Å². The summed E-state index contributed by atoms with van der Waals surface area (Å²) in [5, 5.41) is 16.5. The fourth-order valence-corrected chi connectivity index (χ4v) is 2.68. The lowest BCUT2D eigenvalue weighted by atomic mass is 10.0. The molecule has 0 spiro atoms. The van der Waals surface area contributed by atoms with Crippen molar-refractivity contribution in [2.24, 2.45) is 5.92 Å². The highest BCUT2D eigenvalue weighted by atomic mass is 16.6. The Morgan fingerprint density at radius 2 is 1.81 bits per heavy atom. The molecule has 0 fully saturated rings. The Bertz CT molecular complexity index is 849. The number of nitrogens with zero attached hydrogens (tertiary/aromatic N) is 1. The number of carbonyl (C=O) groups excluding carboxylic acids is 2. The summed E-state index contributed by atoms with van der Waals surface area (Å²) in [6.45, 7) is 5.55. The number of nitrogens with one attached hydrogen (secondary N) is 2. The predicted octanol–water partition coefficient (Wildman–Crippen LogP) is 2.97. The average Bonchev–Trinajstić information content (AvgIpc) is 2.63. The first-order chi connectivity index (χ1) is 12.8. The first-order valence-corrected chi connectivity index (χ1v) is 8.67. The highest BCUT2D eigenvalue weighted by molar-refractivity contribution is 5.97. The molecule has 0 saturated heterocycles. The van der Waals surface area contributed by atoms with Crippen LogP contribution in [0.5, 0.6) is 0 Å². The van der Waals surface area contributed by atoms with Crippen molar-refractivity contribution in [1.29, 1.82) is 0 Å². The molecule has 27 heavy (non-hydrogen) atoms. The van der Waals surface area contributed by atoms with Crippen LogP contribution in [-0.2, 0) is 11.3 Å². The first kappa shape index (κ1) is 20.1. The van der Waals surface area contributed by atoms with Gasteiger partial charge < -0.3 is 10.6 Å². The fraction of sp³-hybridized carbons (Fsp3) is 0.300. The Balaban J connectivity index is 2.07. The van der Waals surface area contributed by atoms with Crippen LogP contribution in [0.3, 0.4) is 0 Å². The summed E-state index contributed by atoms with van der Waals surface area (Å²) in [5.41, 5.74) is 1.78. The number of aryl methyl sites for hydroxylation is 1. The number of amides is 2. The number of hydrogen-bond acceptors (Lipinski definition) is 4. The quantitative estimate of drug-likeness (QED) is 0.579. The number of hydrogen-bond donors (Lipinski definition) is 2. The fourth-order valence-electron chi connectivity index (χ4n) is 2.68. The molecule has 2 aromatic rings. The normalized spacial score (nSPS) is 11.7. The summed E-state index contributed by atoms with van der Waals surface area (Å²) >= 11 is 0. The van der Waals surface area contributed by atoms with Gasteiger partial charge in [0.15, 0.2) is 0 Å². The molecule has 0 aromatic heterocycles. The molecular formula is C20H23N3O4. The van der Waals surface area contributed by atoms with Crippen LogP contribution in [0.25, 0.3) is 0 Å². The van der Waals surface area contributed by atoms with Gasteiger partial charge >= 0.3 is 0 Å². The van der Waals surface area contributed by atoms with E-state index in [1.54, 1.807) is 36.4 Å². The molecule has 0 bridgehead atoms. The van der Waals surface area contributed by atoms with Crippen molar-refractivity contribution in [3.8, 4) is 0 Å². The van der Waals surface area contributed by atoms with Crippen molar-refractivity contribution in [1.82, 2.24) is 10.6 Å². The van der Waals surface area contributed by atoms with E-state index in [1.807, 2.05) is 26.8 Å². The van der Waals surface area contributed by atoms with Crippen molar-refractivity contribution in [2.45, 2.75) is 33.4 Å². The molecule has 0 heterocycles. The van der Waals surface area contributed by atoms with Gasteiger partial charge in [-0.2, -0.15) is 0 Å². The summed E-state index contributed by atoms with van der Waals surface area (Å²) in [7, 11) is 0. The zero-order valence-corrected chi connectivity index (χ0v) is 15.6. The van der Waals surface area contributed by atoms with Gasteiger partial charge in [0.2, 0.25) is 5.91 Å². The second-order valence-corrected chi connectivity index (χ2v) is 6.67.